The van der Waals surface area contributed by atoms with Crippen LogP contribution in [-0.2, 0) is 6.42 Å². The average molecular weight is 264 g/mol. The minimum Gasteiger partial charge on any atom is -0.493 e. The number of rotatable bonds is 2. The lowest BCUT2D eigenvalue weighted by molar-refractivity contribution is 0.234. The van der Waals surface area contributed by atoms with Crippen molar-refractivity contribution in [1.29, 1.82) is 0 Å². The summed E-state index contributed by atoms with van der Waals surface area (Å²) in [6.45, 7) is 4.07. The van der Waals surface area contributed by atoms with Crippen LogP contribution in [0.1, 0.15) is 12.5 Å². The van der Waals surface area contributed by atoms with Crippen molar-refractivity contribution < 1.29 is 9.13 Å². The molecule has 2 aliphatic heterocycles. The zero-order chi connectivity index (χ0) is 13.4. The molecule has 3 unspecified atom stereocenters. The second kappa shape index (κ2) is 5.00. The van der Waals surface area contributed by atoms with Crippen LogP contribution < -0.4 is 15.4 Å². The third-order valence-electron chi connectivity index (χ3n) is 4.20. The molecule has 3 atom stereocenters. The van der Waals surface area contributed by atoms with E-state index in [1.54, 1.807) is 0 Å². The number of nitrogens with zero attached hydrogens (tertiary/aromatic N) is 1. The van der Waals surface area contributed by atoms with Gasteiger partial charge in [0.05, 0.1) is 13.3 Å². The second-order valence-corrected chi connectivity index (χ2v) is 5.90. The van der Waals surface area contributed by atoms with Crippen LogP contribution in [0, 0.1) is 11.8 Å². The molecule has 0 aromatic heterocycles. The Labute approximate surface area is 113 Å². The van der Waals surface area contributed by atoms with Gasteiger partial charge >= 0.3 is 0 Å². The molecule has 4 heteroatoms. The number of nitrogens with two attached hydrogens (primary N) is 1. The number of hydrogen-bond acceptors (Lipinski definition) is 3. The van der Waals surface area contributed by atoms with Crippen LogP contribution >= 0.6 is 0 Å². The van der Waals surface area contributed by atoms with Crippen LogP contribution in [0.2, 0.25) is 0 Å². The van der Waals surface area contributed by atoms with Crippen molar-refractivity contribution in [2.24, 2.45) is 17.6 Å². The summed E-state index contributed by atoms with van der Waals surface area (Å²) >= 11 is 0. The number of benzene rings is 1. The summed E-state index contributed by atoms with van der Waals surface area (Å²) in [5.41, 5.74) is 8.33. The smallest absolute Gasteiger partial charge is 0.124 e. The predicted molar refractivity (Wildman–Crippen MR) is 74.5 cm³/mol. The molecular formula is C15H21FN2O. The van der Waals surface area contributed by atoms with E-state index < -0.39 is 0 Å². The van der Waals surface area contributed by atoms with Gasteiger partial charge in [0.2, 0.25) is 0 Å². The Morgan fingerprint density at radius 1 is 1.42 bits per heavy atom. The molecule has 1 aromatic rings. The van der Waals surface area contributed by atoms with Gasteiger partial charge in [-0.2, -0.15) is 0 Å². The first-order valence-corrected chi connectivity index (χ1v) is 6.99. The Kier molecular flexibility index (Phi) is 3.35. The van der Waals surface area contributed by atoms with E-state index in [-0.39, 0.29) is 18.6 Å². The molecule has 0 bridgehead atoms. The van der Waals surface area contributed by atoms with Crippen molar-refractivity contribution in [2.75, 3.05) is 31.3 Å². The summed E-state index contributed by atoms with van der Waals surface area (Å²) in [6, 6.07) is 6.25. The molecule has 104 valence electrons. The van der Waals surface area contributed by atoms with Crippen LogP contribution in [0.25, 0.3) is 0 Å². The number of alkyl halides is 1. The molecule has 0 aliphatic carbocycles. The summed E-state index contributed by atoms with van der Waals surface area (Å²) in [6.07, 6.45) is 1.07. The average Bonchev–Trinajstić information content (AvgIpc) is 2.79. The monoisotopic (exact) mass is 264 g/mol. The number of hydrogen-bond donors (Lipinski definition) is 1. The molecular weight excluding hydrogens is 243 g/mol. The van der Waals surface area contributed by atoms with Gasteiger partial charge in [0.1, 0.15) is 5.75 Å². The van der Waals surface area contributed by atoms with Crippen LogP contribution in [0.5, 0.6) is 5.75 Å². The van der Waals surface area contributed by atoms with Crippen molar-refractivity contribution in [3.05, 3.63) is 23.8 Å². The molecule has 19 heavy (non-hydrogen) atoms. The minimum atomic E-state index is -0.337. The highest BCUT2D eigenvalue weighted by Crippen LogP contribution is 2.33. The maximum atomic E-state index is 12.8. The van der Waals surface area contributed by atoms with Gasteiger partial charge in [0.15, 0.2) is 0 Å². The fraction of sp³-hybridized carbons (Fsp3) is 0.600. The van der Waals surface area contributed by atoms with Crippen LogP contribution in [0.4, 0.5) is 10.1 Å². The Balaban J connectivity index is 1.80. The number of fused-ring (bicyclic) bond motifs is 1. The molecule has 1 aromatic carbocycles. The Morgan fingerprint density at radius 3 is 3.00 bits per heavy atom. The molecule has 2 heterocycles. The predicted octanol–water partition coefficient (Wildman–Crippen LogP) is 1.99. The quantitative estimate of drug-likeness (QED) is 0.888. The highest BCUT2D eigenvalue weighted by Gasteiger charge is 2.30. The largest absolute Gasteiger partial charge is 0.493 e. The second-order valence-electron chi connectivity index (χ2n) is 5.90. The molecule has 3 rings (SSSR count). The fourth-order valence-electron chi connectivity index (χ4n) is 2.98. The van der Waals surface area contributed by atoms with E-state index in [2.05, 4.69) is 30.0 Å². The minimum absolute atomic E-state index is 0.0445. The molecule has 1 fully saturated rings. The van der Waals surface area contributed by atoms with E-state index in [1.807, 2.05) is 0 Å². The Morgan fingerprint density at radius 2 is 2.26 bits per heavy atom. The SMILES string of the molecule is CC1COc2cc(N3CC(N)C(CF)C3)ccc2C1. The lowest BCUT2D eigenvalue weighted by atomic mass is 9.98. The van der Waals surface area contributed by atoms with E-state index in [0.29, 0.717) is 12.5 Å². The van der Waals surface area contributed by atoms with Gasteiger partial charge in [-0.25, -0.2) is 0 Å². The van der Waals surface area contributed by atoms with Crippen molar-refractivity contribution in [2.45, 2.75) is 19.4 Å². The molecule has 2 N–H and O–H groups in total. The summed E-state index contributed by atoms with van der Waals surface area (Å²) in [7, 11) is 0. The third-order valence-corrected chi connectivity index (χ3v) is 4.20. The molecule has 0 spiro atoms. The van der Waals surface area contributed by atoms with Crippen LogP contribution in [0.3, 0.4) is 0 Å². The van der Waals surface area contributed by atoms with Crippen molar-refractivity contribution in [3.8, 4) is 5.75 Å². The summed E-state index contributed by atoms with van der Waals surface area (Å²) < 4.78 is 18.6. The summed E-state index contributed by atoms with van der Waals surface area (Å²) in [5.74, 6) is 1.51. The first kappa shape index (κ1) is 12.7. The van der Waals surface area contributed by atoms with E-state index >= 15 is 0 Å². The van der Waals surface area contributed by atoms with E-state index in [4.69, 9.17) is 10.5 Å². The summed E-state index contributed by atoms with van der Waals surface area (Å²) in [5, 5.41) is 0. The van der Waals surface area contributed by atoms with E-state index in [1.165, 1.54) is 5.56 Å². The first-order chi connectivity index (χ1) is 9.17. The lowest BCUT2D eigenvalue weighted by Crippen LogP contribution is -2.30. The van der Waals surface area contributed by atoms with Crippen molar-refractivity contribution >= 4 is 5.69 Å². The van der Waals surface area contributed by atoms with Gasteiger partial charge in [0.25, 0.3) is 0 Å². The van der Waals surface area contributed by atoms with Crippen LogP contribution in [0.15, 0.2) is 18.2 Å². The zero-order valence-electron chi connectivity index (χ0n) is 11.3. The van der Waals surface area contributed by atoms with Gasteiger partial charge < -0.3 is 15.4 Å². The molecule has 1 saturated heterocycles. The van der Waals surface area contributed by atoms with Gasteiger partial charge in [0, 0.05) is 36.8 Å². The Hall–Kier alpha value is -1.29. The number of anilines is 1. The van der Waals surface area contributed by atoms with Crippen molar-refractivity contribution in [1.82, 2.24) is 0 Å². The maximum absolute atomic E-state index is 12.8. The molecule has 3 nitrogen and oxygen atoms in total. The molecule has 0 amide bonds. The van der Waals surface area contributed by atoms with Gasteiger partial charge in [-0.3, -0.25) is 4.39 Å². The number of halogens is 1. The highest BCUT2D eigenvalue weighted by molar-refractivity contribution is 5.55. The van der Waals surface area contributed by atoms with Gasteiger partial charge in [-0.1, -0.05) is 13.0 Å². The first-order valence-electron chi connectivity index (χ1n) is 6.99. The lowest BCUT2D eigenvalue weighted by Gasteiger charge is -2.25. The fourth-order valence-corrected chi connectivity index (χ4v) is 2.98. The molecule has 0 radical (unpaired) electrons. The third kappa shape index (κ3) is 2.41. The van der Waals surface area contributed by atoms with Gasteiger partial charge in [-0.15, -0.1) is 0 Å². The zero-order valence-corrected chi connectivity index (χ0v) is 11.3. The molecule has 0 saturated carbocycles. The number of ether oxygens (including phenoxy) is 1. The topological polar surface area (TPSA) is 38.5 Å². The van der Waals surface area contributed by atoms with Gasteiger partial charge in [-0.05, 0) is 24.0 Å². The van der Waals surface area contributed by atoms with Crippen LogP contribution in [-0.4, -0.2) is 32.4 Å². The highest BCUT2D eigenvalue weighted by atomic mass is 19.1. The van der Waals surface area contributed by atoms with E-state index in [9.17, 15) is 4.39 Å². The normalized spacial score (nSPS) is 30.1. The standard InChI is InChI=1S/C15H21FN2O/c1-10-4-11-2-3-13(5-15(11)19-9-10)18-7-12(6-16)14(17)8-18/h2-3,5,10,12,14H,4,6-9,17H2,1H3. The maximum Gasteiger partial charge on any atom is 0.124 e. The Bertz CT molecular complexity index is 465. The summed E-state index contributed by atoms with van der Waals surface area (Å²) in [4.78, 5) is 2.16. The van der Waals surface area contributed by atoms with E-state index in [0.717, 1.165) is 31.0 Å². The molecule has 2 aliphatic rings. The van der Waals surface area contributed by atoms with Crippen molar-refractivity contribution in [3.63, 3.8) is 0 Å².